The zero-order chi connectivity index (χ0) is 49.8. The van der Waals surface area contributed by atoms with Crippen molar-refractivity contribution in [3.8, 4) is 22.8 Å². The fourth-order valence-corrected chi connectivity index (χ4v) is 10.9. The molecule has 0 aliphatic carbocycles. The molecule has 4 aromatic carbocycles. The van der Waals surface area contributed by atoms with Gasteiger partial charge in [-0.15, -0.1) is 0 Å². The normalized spacial score (nSPS) is 20.9. The second-order valence-corrected chi connectivity index (χ2v) is 19.5. The van der Waals surface area contributed by atoms with Crippen LogP contribution in [0.4, 0.5) is 11.4 Å². The Bertz CT molecular complexity index is 2530. The highest BCUT2D eigenvalue weighted by Crippen LogP contribution is 2.33. The predicted octanol–water partition coefficient (Wildman–Crippen LogP) is 6.46. The minimum atomic E-state index is -0.650. The van der Waals surface area contributed by atoms with E-state index in [1.807, 2.05) is 123 Å². The first-order chi connectivity index (χ1) is 34.4. The van der Waals surface area contributed by atoms with E-state index < -0.39 is 36.3 Å². The third-order valence-corrected chi connectivity index (χ3v) is 14.4. The highest BCUT2D eigenvalue weighted by Gasteiger charge is 2.46. The molecule has 9 rings (SSSR count). The predicted molar refractivity (Wildman–Crippen MR) is 269 cm³/mol. The molecule has 370 valence electrons. The SMILES string of the molecule is CN(C)[C@H](C(=O)N1CCCC1C(=O)N1CCCC1C(=O)Nc1ccc(-c2cnc(-c3ccc(NC(=O)[C@@H]4CCCN4C(=O)[C@@H]4CCCN4C(=O)[C@H](c4ccccc4)N(C)C)cc3)o2)cc1)c1ccccc1. The summed E-state index contributed by atoms with van der Waals surface area (Å²) in [6, 6.07) is 30.0. The van der Waals surface area contributed by atoms with Crippen LogP contribution < -0.4 is 10.6 Å². The summed E-state index contributed by atoms with van der Waals surface area (Å²) in [4.78, 5) is 98.6. The molecular weight excluding hydrogens is 899 g/mol. The Morgan fingerprint density at radius 1 is 0.507 bits per heavy atom. The molecule has 4 aliphatic rings. The maximum absolute atomic E-state index is 14.1. The monoisotopic (exact) mass is 961 g/mol. The van der Waals surface area contributed by atoms with E-state index in [1.165, 1.54) is 0 Å². The van der Waals surface area contributed by atoms with Crippen molar-refractivity contribution in [3.63, 3.8) is 0 Å². The van der Waals surface area contributed by atoms with Gasteiger partial charge in [0.2, 0.25) is 41.3 Å². The van der Waals surface area contributed by atoms with Crippen LogP contribution in [0.3, 0.4) is 0 Å². The number of amides is 6. The summed E-state index contributed by atoms with van der Waals surface area (Å²) in [5, 5.41) is 6.00. The molecule has 16 heteroatoms. The molecule has 4 aliphatic heterocycles. The number of likely N-dealkylation sites (tertiary alicyclic amines) is 4. The molecule has 2 unspecified atom stereocenters. The van der Waals surface area contributed by atoms with Gasteiger partial charge in [0.25, 0.3) is 0 Å². The van der Waals surface area contributed by atoms with Crippen molar-refractivity contribution in [3.05, 3.63) is 127 Å². The molecule has 6 amide bonds. The number of carbonyl (C=O) groups is 6. The summed E-state index contributed by atoms with van der Waals surface area (Å²) in [6.45, 7) is 1.89. The summed E-state index contributed by atoms with van der Waals surface area (Å²) in [5.74, 6) is -0.229. The second-order valence-electron chi connectivity index (χ2n) is 19.5. The van der Waals surface area contributed by atoms with E-state index in [2.05, 4.69) is 15.6 Å². The Hall–Kier alpha value is -7.17. The van der Waals surface area contributed by atoms with Gasteiger partial charge in [0.15, 0.2) is 5.76 Å². The van der Waals surface area contributed by atoms with Crippen LogP contribution in [0, 0.1) is 0 Å². The number of nitrogens with zero attached hydrogens (tertiary/aromatic N) is 7. The molecule has 5 aromatic rings. The van der Waals surface area contributed by atoms with E-state index >= 15 is 0 Å². The van der Waals surface area contributed by atoms with Gasteiger partial charge < -0.3 is 34.7 Å². The third-order valence-electron chi connectivity index (χ3n) is 14.4. The summed E-state index contributed by atoms with van der Waals surface area (Å²) in [6.07, 6.45) is 6.64. The first-order valence-electron chi connectivity index (χ1n) is 24.8. The van der Waals surface area contributed by atoms with E-state index in [9.17, 15) is 28.8 Å². The molecule has 71 heavy (non-hydrogen) atoms. The Morgan fingerprint density at radius 3 is 1.30 bits per heavy atom. The molecular formula is C55H63N9O7. The van der Waals surface area contributed by atoms with Gasteiger partial charge in [-0.2, -0.15) is 0 Å². The molecule has 0 saturated carbocycles. The lowest BCUT2D eigenvalue weighted by molar-refractivity contribution is -0.148. The number of rotatable bonds is 14. The first kappa shape index (κ1) is 48.8. The maximum Gasteiger partial charge on any atom is 0.247 e. The number of nitrogens with one attached hydrogen (secondary N) is 2. The van der Waals surface area contributed by atoms with Gasteiger partial charge in [0, 0.05) is 48.7 Å². The van der Waals surface area contributed by atoms with Gasteiger partial charge in [-0.1, -0.05) is 60.7 Å². The van der Waals surface area contributed by atoms with Crippen LogP contribution in [-0.4, -0.2) is 148 Å². The van der Waals surface area contributed by atoms with E-state index in [0.717, 1.165) is 29.5 Å². The quantitative estimate of drug-likeness (QED) is 0.126. The summed E-state index contributed by atoms with van der Waals surface area (Å²) >= 11 is 0. The van der Waals surface area contributed by atoms with E-state index in [0.29, 0.717) is 93.3 Å². The Kier molecular flexibility index (Phi) is 14.8. The summed E-state index contributed by atoms with van der Waals surface area (Å²) < 4.78 is 6.16. The van der Waals surface area contributed by atoms with Crippen LogP contribution in [0.1, 0.15) is 74.6 Å². The van der Waals surface area contributed by atoms with E-state index in [1.54, 1.807) is 50.1 Å². The lowest BCUT2D eigenvalue weighted by Crippen LogP contribution is -2.53. The van der Waals surface area contributed by atoms with Crippen LogP contribution in [0.15, 0.2) is 120 Å². The van der Waals surface area contributed by atoms with Gasteiger partial charge in [-0.25, -0.2) is 4.98 Å². The molecule has 0 spiro atoms. The van der Waals surface area contributed by atoms with Crippen LogP contribution in [0.2, 0.25) is 0 Å². The smallest absolute Gasteiger partial charge is 0.247 e. The van der Waals surface area contributed by atoms with Crippen LogP contribution >= 0.6 is 0 Å². The maximum atomic E-state index is 14.1. The topological polar surface area (TPSA) is 172 Å². The van der Waals surface area contributed by atoms with Gasteiger partial charge in [0.1, 0.15) is 36.3 Å². The van der Waals surface area contributed by atoms with Crippen molar-refractivity contribution in [2.24, 2.45) is 0 Å². The molecule has 0 radical (unpaired) electrons. The van der Waals surface area contributed by atoms with Gasteiger partial charge in [0.05, 0.1) is 6.20 Å². The molecule has 16 nitrogen and oxygen atoms in total. The number of carbonyl (C=O) groups excluding carboxylic acids is 6. The van der Waals surface area contributed by atoms with Crippen molar-refractivity contribution in [1.29, 1.82) is 0 Å². The second kappa shape index (κ2) is 21.4. The van der Waals surface area contributed by atoms with Crippen molar-refractivity contribution < 1.29 is 33.2 Å². The fourth-order valence-electron chi connectivity index (χ4n) is 10.9. The number of oxazole rings is 1. The minimum Gasteiger partial charge on any atom is -0.436 e. The zero-order valence-electron chi connectivity index (χ0n) is 40.9. The molecule has 2 N–H and O–H groups in total. The average molecular weight is 962 g/mol. The zero-order valence-corrected chi connectivity index (χ0v) is 40.9. The van der Waals surface area contributed by atoms with Gasteiger partial charge >= 0.3 is 0 Å². The van der Waals surface area contributed by atoms with Gasteiger partial charge in [-0.05, 0) is 139 Å². The molecule has 1 aromatic heterocycles. The number of hydrogen-bond acceptors (Lipinski definition) is 10. The summed E-state index contributed by atoms with van der Waals surface area (Å²) in [7, 11) is 7.47. The standard InChI is InChI=1S/C55H63N9O7/c1-59(2)47(37-15-7-5-8-16-37)54(69)63-33-13-21-44(63)52(67)61-31-11-19-42(61)49(65)57-40-27-23-36(24-28-40)46-35-56-51(71-46)39-25-29-41(30-26-39)58-50(66)43-20-12-32-62(43)53(68)45-22-14-34-64(45)55(70)48(60(3)4)38-17-9-6-10-18-38/h5-10,15-18,23-30,35,42-45,47-48H,11-14,19-22,31-34H2,1-4H3,(H,57,65)(H,58,66)/t42?,43-,44?,45-,47-,48-/m0/s1. The van der Waals surface area contributed by atoms with E-state index in [-0.39, 0.29) is 35.4 Å². The first-order valence-corrected chi connectivity index (χ1v) is 24.8. The number of aromatic nitrogens is 1. The number of benzene rings is 4. The highest BCUT2D eigenvalue weighted by atomic mass is 16.4. The molecule has 4 saturated heterocycles. The third kappa shape index (κ3) is 10.4. The highest BCUT2D eigenvalue weighted by molar-refractivity contribution is 6.00. The van der Waals surface area contributed by atoms with Crippen LogP contribution in [-0.2, 0) is 28.8 Å². The van der Waals surface area contributed by atoms with E-state index in [4.69, 9.17) is 4.42 Å². The lowest BCUT2D eigenvalue weighted by Gasteiger charge is -2.34. The Morgan fingerprint density at radius 2 is 0.887 bits per heavy atom. The van der Waals surface area contributed by atoms with Crippen molar-refractivity contribution in [2.45, 2.75) is 87.6 Å². The van der Waals surface area contributed by atoms with Crippen molar-refractivity contribution in [2.75, 3.05) is 65.0 Å². The fraction of sp³-hybridized carbons (Fsp3) is 0.400. The van der Waals surface area contributed by atoms with Crippen LogP contribution in [0.25, 0.3) is 22.8 Å². The summed E-state index contributed by atoms with van der Waals surface area (Å²) in [5.41, 5.74) is 4.32. The Balaban J connectivity index is 0.783. The number of hydrogen-bond donors (Lipinski definition) is 2. The molecule has 4 fully saturated rings. The number of anilines is 2. The molecule has 6 atom stereocenters. The van der Waals surface area contributed by atoms with Gasteiger partial charge in [-0.3, -0.25) is 38.6 Å². The molecule has 5 heterocycles. The minimum absolute atomic E-state index is 0.112. The largest absolute Gasteiger partial charge is 0.436 e. The average Bonchev–Trinajstić information content (AvgIpc) is 4.25. The van der Waals surface area contributed by atoms with Crippen molar-refractivity contribution in [1.82, 2.24) is 34.4 Å². The number of likely N-dealkylation sites (N-methyl/N-ethyl adjacent to an activating group) is 2. The lowest BCUT2D eigenvalue weighted by atomic mass is 10.0. The molecule has 0 bridgehead atoms. The van der Waals surface area contributed by atoms with Crippen LogP contribution in [0.5, 0.6) is 0 Å². The van der Waals surface area contributed by atoms with Crippen molar-refractivity contribution >= 4 is 46.8 Å². The Labute approximate surface area is 414 Å².